The Balaban J connectivity index is 1.38. The highest BCUT2D eigenvalue weighted by Gasteiger charge is 2.27. The summed E-state index contributed by atoms with van der Waals surface area (Å²) in [6.07, 6.45) is 1.07. The fraction of sp³-hybridized carbons (Fsp3) is 0.381. The van der Waals surface area contributed by atoms with Gasteiger partial charge in [0, 0.05) is 17.8 Å². The van der Waals surface area contributed by atoms with Gasteiger partial charge in [-0.15, -0.1) is 11.3 Å². The van der Waals surface area contributed by atoms with Gasteiger partial charge in [0.15, 0.2) is 11.5 Å². The zero-order chi connectivity index (χ0) is 20.5. The number of rotatable bonds is 5. The van der Waals surface area contributed by atoms with Crippen LogP contribution in [0.1, 0.15) is 21.8 Å². The molecular formula is C21H23N3O4S. The van der Waals surface area contributed by atoms with Gasteiger partial charge in [0.1, 0.15) is 17.3 Å². The molecule has 2 aromatic heterocycles. The Morgan fingerprint density at radius 2 is 2.24 bits per heavy atom. The van der Waals surface area contributed by atoms with Crippen molar-refractivity contribution in [1.29, 1.82) is 0 Å². The number of carbonyl (C=O) groups is 1. The summed E-state index contributed by atoms with van der Waals surface area (Å²) in [4.78, 5) is 34.1. The zero-order valence-electron chi connectivity index (χ0n) is 16.6. The smallest absolute Gasteiger partial charge is 0.259 e. The van der Waals surface area contributed by atoms with Crippen molar-refractivity contribution in [3.8, 4) is 11.5 Å². The number of aryl methyl sites for hydroxylation is 2. The summed E-state index contributed by atoms with van der Waals surface area (Å²) in [6, 6.07) is 5.69. The number of hydrogen-bond donors (Lipinski definition) is 2. The third-order valence-corrected chi connectivity index (χ3v) is 6.40. The van der Waals surface area contributed by atoms with Crippen molar-refractivity contribution in [2.75, 3.05) is 20.3 Å². The fourth-order valence-corrected chi connectivity index (χ4v) is 4.64. The number of aromatic nitrogens is 2. The highest BCUT2D eigenvalue weighted by Crippen LogP contribution is 2.36. The Morgan fingerprint density at radius 3 is 3.03 bits per heavy atom. The lowest BCUT2D eigenvalue weighted by Crippen LogP contribution is -2.38. The van der Waals surface area contributed by atoms with Gasteiger partial charge in [0.05, 0.1) is 18.4 Å². The minimum Gasteiger partial charge on any atom is -0.493 e. The van der Waals surface area contributed by atoms with Crippen LogP contribution in [0, 0.1) is 19.8 Å². The fourth-order valence-electron chi connectivity index (χ4n) is 3.59. The Bertz CT molecular complexity index is 1130. The van der Waals surface area contributed by atoms with E-state index in [9.17, 15) is 9.59 Å². The van der Waals surface area contributed by atoms with Crippen LogP contribution in [0.3, 0.4) is 0 Å². The second-order valence-electron chi connectivity index (χ2n) is 7.18. The van der Waals surface area contributed by atoms with Gasteiger partial charge in [-0.05, 0) is 37.5 Å². The highest BCUT2D eigenvalue weighted by molar-refractivity contribution is 7.18. The van der Waals surface area contributed by atoms with Gasteiger partial charge in [-0.3, -0.25) is 9.59 Å². The van der Waals surface area contributed by atoms with Crippen LogP contribution < -0.4 is 20.3 Å². The maximum absolute atomic E-state index is 12.6. The summed E-state index contributed by atoms with van der Waals surface area (Å²) in [6.45, 7) is 4.64. The molecule has 1 aromatic carbocycles. The molecule has 152 valence electrons. The molecule has 0 spiro atoms. The van der Waals surface area contributed by atoms with Gasteiger partial charge < -0.3 is 19.8 Å². The normalized spacial score (nSPS) is 15.6. The number of thiophene rings is 1. The van der Waals surface area contributed by atoms with Gasteiger partial charge in [-0.25, -0.2) is 4.98 Å². The van der Waals surface area contributed by atoms with Crippen LogP contribution in [0.2, 0.25) is 0 Å². The van der Waals surface area contributed by atoms with Crippen LogP contribution in [0.5, 0.6) is 11.5 Å². The summed E-state index contributed by atoms with van der Waals surface area (Å²) >= 11 is 1.52. The molecule has 1 atom stereocenters. The van der Waals surface area contributed by atoms with E-state index in [1.54, 1.807) is 7.11 Å². The second-order valence-corrected chi connectivity index (χ2v) is 8.38. The Hall–Kier alpha value is -2.87. The van der Waals surface area contributed by atoms with E-state index in [4.69, 9.17) is 9.47 Å². The quantitative estimate of drug-likeness (QED) is 0.670. The molecule has 2 N–H and O–H groups in total. The zero-order valence-corrected chi connectivity index (χ0v) is 17.4. The maximum Gasteiger partial charge on any atom is 0.259 e. The van der Waals surface area contributed by atoms with Crippen molar-refractivity contribution in [3.63, 3.8) is 0 Å². The van der Waals surface area contributed by atoms with Crippen LogP contribution in [0.25, 0.3) is 10.2 Å². The number of H-pyrrole nitrogens is 1. The van der Waals surface area contributed by atoms with Gasteiger partial charge in [0.2, 0.25) is 5.91 Å². The summed E-state index contributed by atoms with van der Waals surface area (Å²) in [5.41, 5.74) is 1.83. The molecule has 4 rings (SSSR count). The molecule has 1 amide bonds. The van der Waals surface area contributed by atoms with E-state index in [1.165, 1.54) is 11.3 Å². The van der Waals surface area contributed by atoms with Crippen molar-refractivity contribution in [3.05, 3.63) is 50.4 Å². The predicted molar refractivity (Wildman–Crippen MR) is 112 cm³/mol. The summed E-state index contributed by atoms with van der Waals surface area (Å²) < 4.78 is 11.1. The molecule has 0 aliphatic carbocycles. The molecule has 0 fully saturated rings. The van der Waals surface area contributed by atoms with Crippen molar-refractivity contribution in [1.82, 2.24) is 15.3 Å². The summed E-state index contributed by atoms with van der Waals surface area (Å²) in [5.74, 6) is 1.66. The molecule has 3 aromatic rings. The molecule has 0 radical (unpaired) electrons. The number of nitrogens with one attached hydrogen (secondary N) is 2. The Labute approximate surface area is 172 Å². The molecule has 1 unspecified atom stereocenters. The van der Waals surface area contributed by atoms with E-state index in [-0.39, 0.29) is 17.4 Å². The van der Waals surface area contributed by atoms with E-state index < -0.39 is 0 Å². The second kappa shape index (κ2) is 7.87. The first kappa shape index (κ1) is 19.4. The van der Waals surface area contributed by atoms with Crippen molar-refractivity contribution >= 4 is 27.5 Å². The molecule has 1 aliphatic rings. The van der Waals surface area contributed by atoms with Gasteiger partial charge >= 0.3 is 0 Å². The third-order valence-electron chi connectivity index (χ3n) is 5.30. The van der Waals surface area contributed by atoms with Crippen LogP contribution in [-0.2, 0) is 17.6 Å². The highest BCUT2D eigenvalue weighted by atomic mass is 32.1. The first-order valence-electron chi connectivity index (χ1n) is 9.53. The average molecular weight is 413 g/mol. The van der Waals surface area contributed by atoms with Crippen LogP contribution in [0.4, 0.5) is 0 Å². The van der Waals surface area contributed by atoms with Crippen molar-refractivity contribution < 1.29 is 14.3 Å². The van der Waals surface area contributed by atoms with Crippen LogP contribution in [-0.4, -0.2) is 36.1 Å². The molecule has 0 bridgehead atoms. The first-order chi connectivity index (χ1) is 14.0. The van der Waals surface area contributed by atoms with E-state index in [0.717, 1.165) is 26.6 Å². The molecule has 1 aliphatic heterocycles. The maximum atomic E-state index is 12.6. The number of hydrogen-bond acceptors (Lipinski definition) is 6. The van der Waals surface area contributed by atoms with Crippen molar-refractivity contribution in [2.24, 2.45) is 5.92 Å². The first-order valence-corrected chi connectivity index (χ1v) is 10.3. The van der Waals surface area contributed by atoms with Crippen LogP contribution in [0.15, 0.2) is 23.0 Å². The standard InChI is InChI=1S/C21H23N3O4S/c1-11-12(2)29-21-17(11)20(26)23-16(24-21)7-8-22-19(25)14-9-13-5-4-6-15(27-3)18(13)28-10-14/h4-6,14H,7-10H2,1-3H3,(H,22,25)(H,23,24,26). The average Bonchev–Trinajstić information content (AvgIpc) is 3.00. The van der Waals surface area contributed by atoms with E-state index in [2.05, 4.69) is 15.3 Å². The summed E-state index contributed by atoms with van der Waals surface area (Å²) in [5, 5.41) is 3.60. The summed E-state index contributed by atoms with van der Waals surface area (Å²) in [7, 11) is 1.60. The SMILES string of the molecule is COc1cccc2c1OCC(C(=O)NCCc1nc3sc(C)c(C)c3c(=O)[nH]1)C2. The number of ether oxygens (including phenoxy) is 2. The monoisotopic (exact) mass is 413 g/mol. The van der Waals surface area contributed by atoms with E-state index in [1.807, 2.05) is 32.0 Å². The molecular weight excluding hydrogens is 390 g/mol. The van der Waals surface area contributed by atoms with Crippen molar-refractivity contribution in [2.45, 2.75) is 26.7 Å². The molecule has 0 saturated heterocycles. The van der Waals surface area contributed by atoms with Crippen LogP contribution >= 0.6 is 11.3 Å². The Kier molecular flexibility index (Phi) is 5.27. The lowest BCUT2D eigenvalue weighted by molar-refractivity contribution is -0.126. The van der Waals surface area contributed by atoms with Gasteiger partial charge in [0.25, 0.3) is 5.56 Å². The number of fused-ring (bicyclic) bond motifs is 2. The molecule has 0 saturated carbocycles. The van der Waals surface area contributed by atoms with Gasteiger partial charge in [-0.2, -0.15) is 0 Å². The molecule has 3 heterocycles. The minimum absolute atomic E-state index is 0.0651. The predicted octanol–water partition coefficient (Wildman–Crippen LogP) is 2.52. The minimum atomic E-state index is -0.258. The number of carbonyl (C=O) groups excluding carboxylic acids is 1. The lowest BCUT2D eigenvalue weighted by atomic mass is 9.95. The van der Waals surface area contributed by atoms with E-state index >= 15 is 0 Å². The van der Waals surface area contributed by atoms with E-state index in [0.29, 0.717) is 43.0 Å². The molecule has 29 heavy (non-hydrogen) atoms. The molecule has 7 nitrogen and oxygen atoms in total. The largest absolute Gasteiger partial charge is 0.493 e. The topological polar surface area (TPSA) is 93.3 Å². The van der Waals surface area contributed by atoms with Gasteiger partial charge in [-0.1, -0.05) is 12.1 Å². The lowest BCUT2D eigenvalue weighted by Gasteiger charge is -2.25. The number of methoxy groups -OCH3 is 1. The number of aromatic amines is 1. The molecule has 8 heteroatoms. The Morgan fingerprint density at radius 1 is 1.41 bits per heavy atom. The number of amides is 1. The number of benzene rings is 1. The number of nitrogens with zero attached hydrogens (tertiary/aromatic N) is 1. The third kappa shape index (κ3) is 3.72. The number of para-hydroxylation sites is 1.